The molecule has 2 aromatic rings. The number of ether oxygens (including phenoxy) is 1. The normalized spacial score (nSPS) is 19.5. The molecule has 0 bridgehead atoms. The topological polar surface area (TPSA) is 85.9 Å². The number of piperidine rings is 1. The number of aromatic nitrogens is 2. The van der Waals surface area contributed by atoms with Crippen molar-refractivity contribution in [2.45, 2.75) is 32.4 Å². The van der Waals surface area contributed by atoms with Crippen molar-refractivity contribution in [1.29, 1.82) is 0 Å². The first-order valence-electron chi connectivity index (χ1n) is 12.3. The van der Waals surface area contributed by atoms with E-state index in [1.165, 1.54) is 11.6 Å². The van der Waals surface area contributed by atoms with Gasteiger partial charge < -0.3 is 20.3 Å². The number of methoxy groups -OCH3 is 1. The number of hydrogen-bond donors (Lipinski definition) is 2. The number of nitrogens with one attached hydrogen (secondary N) is 2. The van der Waals surface area contributed by atoms with Gasteiger partial charge in [0, 0.05) is 76.6 Å². The highest BCUT2D eigenvalue weighted by atomic mass is 32.1. The first-order valence-corrected chi connectivity index (χ1v) is 13.2. The lowest BCUT2D eigenvalue weighted by Gasteiger charge is -2.35. The maximum atomic E-state index is 12.1. The minimum atomic E-state index is -0.00986. The van der Waals surface area contributed by atoms with E-state index in [2.05, 4.69) is 44.1 Å². The number of hydrogen-bond acceptors (Lipinski definition) is 9. The van der Waals surface area contributed by atoms with Crippen LogP contribution in [0.3, 0.4) is 0 Å². The first kappa shape index (κ1) is 25.6. The summed E-state index contributed by atoms with van der Waals surface area (Å²) in [7, 11) is 1.76. The molecule has 0 aromatic carbocycles. The number of likely N-dealkylation sites (tertiary alicyclic amines) is 1. The molecular weight excluding hydrogens is 462 g/mol. The molecule has 2 aliphatic heterocycles. The fraction of sp³-hybridized carbons (Fsp3) is 0.560. The summed E-state index contributed by atoms with van der Waals surface area (Å²) >= 11 is 1.62. The highest BCUT2D eigenvalue weighted by Gasteiger charge is 2.23. The van der Waals surface area contributed by atoms with Crippen molar-refractivity contribution in [1.82, 2.24) is 24.7 Å². The fourth-order valence-electron chi connectivity index (χ4n) is 4.62. The van der Waals surface area contributed by atoms with Gasteiger partial charge in [0.15, 0.2) is 5.13 Å². The van der Waals surface area contributed by atoms with Crippen molar-refractivity contribution in [3.05, 3.63) is 41.4 Å². The maximum absolute atomic E-state index is 12.1. The lowest BCUT2D eigenvalue weighted by molar-refractivity contribution is -0.127. The first-order chi connectivity index (χ1) is 17.0. The molecule has 1 amide bonds. The number of piperazine rings is 1. The average Bonchev–Trinajstić information content (AvgIpc) is 3.27. The van der Waals surface area contributed by atoms with Gasteiger partial charge in [0.05, 0.1) is 6.61 Å². The molecule has 2 aliphatic rings. The number of rotatable bonds is 10. The Kier molecular flexibility index (Phi) is 9.08. The van der Waals surface area contributed by atoms with E-state index >= 15 is 0 Å². The van der Waals surface area contributed by atoms with Crippen LogP contribution >= 0.6 is 11.3 Å². The van der Waals surface area contributed by atoms with Crippen LogP contribution in [-0.4, -0.2) is 96.1 Å². The van der Waals surface area contributed by atoms with E-state index < -0.39 is 0 Å². The van der Waals surface area contributed by atoms with E-state index in [9.17, 15) is 4.79 Å². The van der Waals surface area contributed by atoms with E-state index in [1.807, 2.05) is 18.0 Å². The van der Waals surface area contributed by atoms with Gasteiger partial charge in [-0.15, -0.1) is 11.3 Å². The third kappa shape index (κ3) is 7.47. The molecule has 190 valence electrons. The summed E-state index contributed by atoms with van der Waals surface area (Å²) in [5, 5.41) is 7.81. The Balaban J connectivity index is 1.45. The summed E-state index contributed by atoms with van der Waals surface area (Å²) in [4.78, 5) is 29.4. The Morgan fingerprint density at radius 2 is 2.00 bits per heavy atom. The smallest absolute Gasteiger partial charge is 0.246 e. The molecule has 1 atom stereocenters. The molecule has 2 aromatic heterocycles. The number of carbonyl (C=O) groups excluding carboxylic acids is 1. The molecule has 9 nitrogen and oxygen atoms in total. The lowest BCUT2D eigenvalue weighted by atomic mass is 10.1. The molecule has 0 spiro atoms. The minimum absolute atomic E-state index is 0.00986. The molecule has 2 fully saturated rings. The summed E-state index contributed by atoms with van der Waals surface area (Å²) in [6.45, 7) is 13.9. The van der Waals surface area contributed by atoms with Crippen LogP contribution in [0.2, 0.25) is 0 Å². The SMILES string of the molecule is C=CC(=O)N1CCC[C@H](Nc2cc(CN3CCN(CCOC)CC3)cc(Nc3ncc(C)s3)n2)C1. The van der Waals surface area contributed by atoms with Gasteiger partial charge in [-0.1, -0.05) is 6.58 Å². The standard InChI is InChI=1S/C25H37N7O2S/c1-4-24(33)32-7-5-6-21(18-32)27-22-14-20(15-23(28-22)29-25-26-16-19(2)35-25)17-31-10-8-30(9-11-31)12-13-34-3/h4,14-16,21H,1,5-13,17-18H2,2-3H3,(H2,26,27,28,29)/t21-/m0/s1. The largest absolute Gasteiger partial charge is 0.383 e. The molecule has 0 saturated carbocycles. The maximum Gasteiger partial charge on any atom is 0.246 e. The number of amides is 1. The average molecular weight is 500 g/mol. The van der Waals surface area contributed by atoms with E-state index in [-0.39, 0.29) is 11.9 Å². The van der Waals surface area contributed by atoms with Crippen LogP contribution in [-0.2, 0) is 16.1 Å². The summed E-state index contributed by atoms with van der Waals surface area (Å²) in [6, 6.07) is 4.42. The number of anilines is 3. The number of aryl methyl sites for hydroxylation is 1. The Morgan fingerprint density at radius 3 is 2.71 bits per heavy atom. The second-order valence-electron chi connectivity index (χ2n) is 9.23. The third-order valence-electron chi connectivity index (χ3n) is 6.48. The van der Waals surface area contributed by atoms with Crippen molar-refractivity contribution in [3.8, 4) is 0 Å². The summed E-state index contributed by atoms with van der Waals surface area (Å²) in [5.41, 5.74) is 1.21. The van der Waals surface area contributed by atoms with Crippen LogP contribution in [0.4, 0.5) is 16.8 Å². The molecule has 4 rings (SSSR count). The van der Waals surface area contributed by atoms with E-state index in [1.54, 1.807) is 18.4 Å². The third-order valence-corrected chi connectivity index (χ3v) is 7.31. The quantitative estimate of drug-likeness (QED) is 0.483. The zero-order valence-corrected chi connectivity index (χ0v) is 21.6. The highest BCUT2D eigenvalue weighted by Crippen LogP contribution is 2.25. The molecule has 10 heteroatoms. The molecule has 0 unspecified atom stereocenters. The minimum Gasteiger partial charge on any atom is -0.383 e. The molecule has 35 heavy (non-hydrogen) atoms. The van der Waals surface area contributed by atoms with Crippen molar-refractivity contribution >= 4 is 34.0 Å². The van der Waals surface area contributed by atoms with Gasteiger partial charge >= 0.3 is 0 Å². The van der Waals surface area contributed by atoms with Crippen LogP contribution in [0.15, 0.2) is 31.0 Å². The molecule has 2 N–H and O–H groups in total. The van der Waals surface area contributed by atoms with Gasteiger partial charge in [0.25, 0.3) is 0 Å². The molecule has 2 saturated heterocycles. The Morgan fingerprint density at radius 1 is 1.23 bits per heavy atom. The predicted octanol–water partition coefficient (Wildman–Crippen LogP) is 2.94. The van der Waals surface area contributed by atoms with Gasteiger partial charge in [0.2, 0.25) is 5.91 Å². The monoisotopic (exact) mass is 499 g/mol. The van der Waals surface area contributed by atoms with Crippen LogP contribution in [0.25, 0.3) is 0 Å². The second kappa shape index (κ2) is 12.4. The number of pyridine rings is 1. The van der Waals surface area contributed by atoms with E-state index in [4.69, 9.17) is 9.72 Å². The van der Waals surface area contributed by atoms with Gasteiger partial charge in [0.1, 0.15) is 11.6 Å². The van der Waals surface area contributed by atoms with Crippen molar-refractivity contribution in [2.75, 3.05) is 70.2 Å². The van der Waals surface area contributed by atoms with Crippen LogP contribution in [0.5, 0.6) is 0 Å². The van der Waals surface area contributed by atoms with Gasteiger partial charge in [-0.05, 0) is 43.5 Å². The van der Waals surface area contributed by atoms with Crippen LogP contribution in [0.1, 0.15) is 23.3 Å². The van der Waals surface area contributed by atoms with Crippen molar-refractivity contribution < 1.29 is 9.53 Å². The van der Waals surface area contributed by atoms with Crippen molar-refractivity contribution in [2.24, 2.45) is 0 Å². The lowest BCUT2D eigenvalue weighted by Crippen LogP contribution is -2.46. The molecular formula is C25H37N7O2S. The Hall–Kier alpha value is -2.53. The molecule has 0 aliphatic carbocycles. The summed E-state index contributed by atoms with van der Waals surface area (Å²) in [5.74, 6) is 1.60. The number of carbonyl (C=O) groups is 1. The van der Waals surface area contributed by atoms with Gasteiger partial charge in [-0.25, -0.2) is 9.97 Å². The zero-order valence-electron chi connectivity index (χ0n) is 20.8. The summed E-state index contributed by atoms with van der Waals surface area (Å²) in [6.07, 6.45) is 5.24. The van der Waals surface area contributed by atoms with Crippen LogP contribution < -0.4 is 10.6 Å². The zero-order chi connectivity index (χ0) is 24.6. The Bertz CT molecular complexity index is 990. The molecule has 4 heterocycles. The van der Waals surface area contributed by atoms with Crippen LogP contribution in [0, 0.1) is 6.92 Å². The number of nitrogens with zero attached hydrogens (tertiary/aromatic N) is 5. The summed E-state index contributed by atoms with van der Waals surface area (Å²) < 4.78 is 5.23. The van der Waals surface area contributed by atoms with Crippen molar-refractivity contribution in [3.63, 3.8) is 0 Å². The predicted molar refractivity (Wildman–Crippen MR) is 141 cm³/mol. The van der Waals surface area contributed by atoms with E-state index in [0.717, 1.165) is 86.9 Å². The van der Waals surface area contributed by atoms with E-state index in [0.29, 0.717) is 6.54 Å². The fourth-order valence-corrected chi connectivity index (χ4v) is 5.29. The second-order valence-corrected chi connectivity index (χ2v) is 10.5. The highest BCUT2D eigenvalue weighted by molar-refractivity contribution is 7.15. The Labute approximate surface area is 212 Å². The number of thiazole rings is 1. The molecule has 0 radical (unpaired) electrons. The van der Waals surface area contributed by atoms with Gasteiger partial charge in [-0.2, -0.15) is 0 Å². The van der Waals surface area contributed by atoms with Gasteiger partial charge in [-0.3, -0.25) is 14.6 Å².